The molecule has 208 valence electrons. The molecule has 7 nitrogen and oxygen atoms in total. The van der Waals surface area contributed by atoms with E-state index in [2.05, 4.69) is 5.32 Å². The molecular weight excluding hydrogens is 510 g/mol. The topological polar surface area (TPSA) is 86.8 Å². The molecule has 0 unspecified atom stereocenters. The number of carbonyl (C=O) groups is 2. The van der Waals surface area contributed by atoms with Gasteiger partial charge in [0.1, 0.15) is 12.6 Å². The minimum atomic E-state index is -4.08. The second kappa shape index (κ2) is 12.5. The summed E-state index contributed by atoms with van der Waals surface area (Å²) in [6.45, 7) is 11.1. The quantitative estimate of drug-likeness (QED) is 0.376. The molecule has 0 heterocycles. The van der Waals surface area contributed by atoms with Gasteiger partial charge in [0.15, 0.2) is 0 Å². The van der Waals surface area contributed by atoms with Crippen molar-refractivity contribution in [2.24, 2.45) is 0 Å². The van der Waals surface area contributed by atoms with E-state index in [1.807, 2.05) is 65.8 Å². The number of hydrogen-bond acceptors (Lipinski definition) is 4. The van der Waals surface area contributed by atoms with Crippen LogP contribution in [0.5, 0.6) is 0 Å². The van der Waals surface area contributed by atoms with Gasteiger partial charge in [0, 0.05) is 12.1 Å². The molecule has 0 aliphatic heterocycles. The van der Waals surface area contributed by atoms with Crippen LogP contribution in [0.2, 0.25) is 0 Å². The molecule has 1 N–H and O–H groups in total. The zero-order valence-corrected chi connectivity index (χ0v) is 24.5. The van der Waals surface area contributed by atoms with Gasteiger partial charge in [-0.1, -0.05) is 72.6 Å². The number of anilines is 1. The Kier molecular flexibility index (Phi) is 9.56. The Hall–Kier alpha value is -3.65. The van der Waals surface area contributed by atoms with Gasteiger partial charge in [0.25, 0.3) is 10.0 Å². The van der Waals surface area contributed by atoms with Crippen LogP contribution < -0.4 is 9.62 Å². The number of nitrogens with one attached hydrogen (secondary N) is 1. The third-order valence-electron chi connectivity index (χ3n) is 6.25. The molecule has 3 aromatic carbocycles. The fraction of sp³-hybridized carbons (Fsp3) is 0.355. The molecule has 0 radical (unpaired) electrons. The molecule has 3 aromatic rings. The fourth-order valence-corrected chi connectivity index (χ4v) is 5.75. The first-order valence-electron chi connectivity index (χ1n) is 13.1. The molecule has 2 amide bonds. The second-order valence-corrected chi connectivity index (χ2v) is 12.7. The number of rotatable bonds is 10. The largest absolute Gasteiger partial charge is 0.350 e. The predicted octanol–water partition coefficient (Wildman–Crippen LogP) is 5.22. The first-order valence-corrected chi connectivity index (χ1v) is 14.6. The highest BCUT2D eigenvalue weighted by atomic mass is 32.2. The summed E-state index contributed by atoms with van der Waals surface area (Å²) < 4.78 is 28.8. The van der Waals surface area contributed by atoms with E-state index in [0.717, 1.165) is 21.0 Å². The number of para-hydroxylation sites is 1. The maximum Gasteiger partial charge on any atom is 0.264 e. The minimum absolute atomic E-state index is 0.0903. The molecular formula is C31H39N3O4S. The molecule has 0 spiro atoms. The van der Waals surface area contributed by atoms with E-state index in [0.29, 0.717) is 12.1 Å². The summed E-state index contributed by atoms with van der Waals surface area (Å²) in [6.07, 6.45) is 0.371. The van der Waals surface area contributed by atoms with Crippen LogP contribution in [0, 0.1) is 13.8 Å². The molecule has 0 saturated carbocycles. The molecule has 0 fully saturated rings. The van der Waals surface area contributed by atoms with Gasteiger partial charge < -0.3 is 10.2 Å². The number of benzene rings is 3. The maximum atomic E-state index is 14.1. The molecule has 0 aromatic heterocycles. The summed E-state index contributed by atoms with van der Waals surface area (Å²) in [5.41, 5.74) is 2.69. The van der Waals surface area contributed by atoms with Crippen LogP contribution in [-0.4, -0.2) is 43.3 Å². The predicted molar refractivity (Wildman–Crippen MR) is 156 cm³/mol. The molecule has 0 saturated heterocycles. The lowest BCUT2D eigenvalue weighted by Gasteiger charge is -2.34. The highest BCUT2D eigenvalue weighted by molar-refractivity contribution is 7.92. The standard InChI is InChI=1S/C31H39N3O4S/c1-7-28(30(36)32-31(4,5)6)33(21-25-13-11-12-24(3)20-25)29(35)22-34(26-14-9-8-10-15-26)39(37,38)27-18-16-23(2)17-19-27/h8-20,28H,7,21-22H2,1-6H3,(H,32,36)/t28-/m0/s1. The van der Waals surface area contributed by atoms with E-state index in [-0.39, 0.29) is 17.3 Å². The average Bonchev–Trinajstić information content (AvgIpc) is 2.86. The summed E-state index contributed by atoms with van der Waals surface area (Å²) in [4.78, 5) is 29.0. The van der Waals surface area contributed by atoms with Crippen LogP contribution in [0.1, 0.15) is 50.8 Å². The van der Waals surface area contributed by atoms with Crippen molar-refractivity contribution in [2.75, 3.05) is 10.8 Å². The smallest absolute Gasteiger partial charge is 0.264 e. The number of amides is 2. The molecule has 8 heteroatoms. The molecule has 0 aliphatic rings. The first kappa shape index (κ1) is 29.9. The molecule has 39 heavy (non-hydrogen) atoms. The maximum absolute atomic E-state index is 14.1. The summed E-state index contributed by atoms with van der Waals surface area (Å²) in [6, 6.07) is 22.1. The summed E-state index contributed by atoms with van der Waals surface area (Å²) in [5.74, 6) is -0.745. The third-order valence-corrected chi connectivity index (χ3v) is 8.04. The summed E-state index contributed by atoms with van der Waals surface area (Å²) in [5, 5.41) is 2.98. The van der Waals surface area contributed by atoms with Crippen molar-refractivity contribution in [1.29, 1.82) is 0 Å². The zero-order valence-electron chi connectivity index (χ0n) is 23.6. The zero-order chi connectivity index (χ0) is 28.8. The van der Waals surface area contributed by atoms with Gasteiger partial charge >= 0.3 is 0 Å². The summed E-state index contributed by atoms with van der Waals surface area (Å²) >= 11 is 0. The van der Waals surface area contributed by atoms with Crippen LogP contribution in [-0.2, 0) is 26.2 Å². The Morgan fingerprint density at radius 2 is 1.51 bits per heavy atom. The lowest BCUT2D eigenvalue weighted by atomic mass is 10.0. The van der Waals surface area contributed by atoms with Crippen molar-refractivity contribution >= 4 is 27.5 Å². The lowest BCUT2D eigenvalue weighted by Crippen LogP contribution is -2.55. The van der Waals surface area contributed by atoms with Gasteiger partial charge in [0.05, 0.1) is 10.6 Å². The monoisotopic (exact) mass is 549 g/mol. The van der Waals surface area contributed by atoms with Gasteiger partial charge in [-0.25, -0.2) is 8.42 Å². The van der Waals surface area contributed by atoms with E-state index >= 15 is 0 Å². The van der Waals surface area contributed by atoms with Crippen molar-refractivity contribution in [3.8, 4) is 0 Å². The van der Waals surface area contributed by atoms with Crippen molar-refractivity contribution < 1.29 is 18.0 Å². The van der Waals surface area contributed by atoms with Crippen molar-refractivity contribution in [1.82, 2.24) is 10.2 Å². The summed E-state index contributed by atoms with van der Waals surface area (Å²) in [7, 11) is -4.08. The van der Waals surface area contributed by atoms with Crippen molar-refractivity contribution in [3.05, 3.63) is 95.6 Å². The van der Waals surface area contributed by atoms with Gasteiger partial charge in [-0.05, 0) is 70.9 Å². The van der Waals surface area contributed by atoms with E-state index in [1.165, 1.54) is 4.90 Å². The van der Waals surface area contributed by atoms with Crippen molar-refractivity contribution in [3.63, 3.8) is 0 Å². The molecule has 0 aliphatic carbocycles. The first-order chi connectivity index (χ1) is 18.3. The Bertz CT molecular complexity index is 1380. The van der Waals surface area contributed by atoms with E-state index in [4.69, 9.17) is 0 Å². The highest BCUT2D eigenvalue weighted by Crippen LogP contribution is 2.25. The minimum Gasteiger partial charge on any atom is -0.350 e. The van der Waals surface area contributed by atoms with Crippen LogP contribution in [0.25, 0.3) is 0 Å². The second-order valence-electron chi connectivity index (χ2n) is 10.8. The van der Waals surface area contributed by atoms with Crippen LogP contribution in [0.15, 0.2) is 83.8 Å². The van der Waals surface area contributed by atoms with Crippen LogP contribution in [0.4, 0.5) is 5.69 Å². The van der Waals surface area contributed by atoms with Crippen molar-refractivity contribution in [2.45, 2.75) is 71.0 Å². The van der Waals surface area contributed by atoms with Crippen LogP contribution in [0.3, 0.4) is 0 Å². The van der Waals surface area contributed by atoms with Gasteiger partial charge in [-0.3, -0.25) is 13.9 Å². The normalized spacial score (nSPS) is 12.5. The number of nitrogens with zero attached hydrogens (tertiary/aromatic N) is 2. The van der Waals surface area contributed by atoms with E-state index in [9.17, 15) is 18.0 Å². The number of aryl methyl sites for hydroxylation is 2. The number of hydrogen-bond donors (Lipinski definition) is 1. The fourth-order valence-electron chi connectivity index (χ4n) is 4.34. The highest BCUT2D eigenvalue weighted by Gasteiger charge is 2.34. The van der Waals surface area contributed by atoms with Gasteiger partial charge in [-0.15, -0.1) is 0 Å². The molecule has 1 atom stereocenters. The van der Waals surface area contributed by atoms with Gasteiger partial charge in [-0.2, -0.15) is 0 Å². The van der Waals surface area contributed by atoms with E-state index in [1.54, 1.807) is 54.6 Å². The third kappa shape index (κ3) is 7.93. The number of carbonyl (C=O) groups excluding carboxylic acids is 2. The van der Waals surface area contributed by atoms with E-state index < -0.39 is 34.1 Å². The Labute approximate surface area is 232 Å². The lowest BCUT2D eigenvalue weighted by molar-refractivity contribution is -0.141. The Morgan fingerprint density at radius 1 is 0.872 bits per heavy atom. The Morgan fingerprint density at radius 3 is 2.08 bits per heavy atom. The number of sulfonamides is 1. The average molecular weight is 550 g/mol. The van der Waals surface area contributed by atoms with Crippen LogP contribution >= 0.6 is 0 Å². The molecule has 3 rings (SSSR count). The molecule has 0 bridgehead atoms. The Balaban J connectivity index is 2.05. The van der Waals surface area contributed by atoms with Gasteiger partial charge in [0.2, 0.25) is 11.8 Å². The SMILES string of the molecule is CC[C@@H](C(=O)NC(C)(C)C)N(Cc1cccc(C)c1)C(=O)CN(c1ccccc1)S(=O)(=O)c1ccc(C)cc1.